The Hall–Kier alpha value is -3.27. The fraction of sp³-hybridized carbons (Fsp3) is 0.417. The normalized spacial score (nSPS) is 14.8. The van der Waals surface area contributed by atoms with Gasteiger partial charge < -0.3 is 25.3 Å². The van der Waals surface area contributed by atoms with Crippen LogP contribution in [0.25, 0.3) is 10.9 Å². The number of benzene rings is 2. The molecule has 0 aliphatic heterocycles. The van der Waals surface area contributed by atoms with E-state index in [0.29, 0.717) is 52.8 Å². The van der Waals surface area contributed by atoms with Crippen LogP contribution in [0.15, 0.2) is 30.3 Å². The van der Waals surface area contributed by atoms with Crippen molar-refractivity contribution in [1.29, 1.82) is 0 Å². The Bertz CT molecular complexity index is 1180. The summed E-state index contributed by atoms with van der Waals surface area (Å²) in [5.74, 6) is 2.49. The summed E-state index contributed by atoms with van der Waals surface area (Å²) < 4.78 is 56.3. The number of nitrogens with zero attached hydrogens (tertiary/aromatic N) is 2. The van der Waals surface area contributed by atoms with E-state index in [1.807, 2.05) is 0 Å². The maximum absolute atomic E-state index is 13.3. The van der Waals surface area contributed by atoms with Crippen molar-refractivity contribution >= 4 is 22.4 Å². The number of alkyl halides is 3. The van der Waals surface area contributed by atoms with Crippen molar-refractivity contribution < 1.29 is 27.4 Å². The number of hydrogen-bond acceptors (Lipinski definition) is 7. The Morgan fingerprint density at radius 3 is 2.47 bits per heavy atom. The lowest BCUT2D eigenvalue weighted by atomic mass is 10.0. The Morgan fingerprint density at radius 2 is 1.82 bits per heavy atom. The molecule has 2 aromatic carbocycles. The van der Waals surface area contributed by atoms with Gasteiger partial charge in [-0.15, -0.1) is 0 Å². The maximum atomic E-state index is 13.3. The summed E-state index contributed by atoms with van der Waals surface area (Å²) in [4.78, 5) is 9.42. The number of ether oxygens (including phenoxy) is 3. The van der Waals surface area contributed by atoms with E-state index in [2.05, 4.69) is 5.32 Å². The first-order valence-electron chi connectivity index (χ1n) is 10.9. The third-order valence-corrected chi connectivity index (χ3v) is 5.64. The Kier molecular flexibility index (Phi) is 6.70. The monoisotopic (exact) mass is 476 g/mol. The molecule has 1 fully saturated rings. The molecule has 1 unspecified atom stereocenters. The Balaban J connectivity index is 1.74. The van der Waals surface area contributed by atoms with Gasteiger partial charge >= 0.3 is 6.18 Å². The lowest BCUT2D eigenvalue weighted by Gasteiger charge is -2.20. The number of rotatable bonds is 9. The number of hydrogen-bond donors (Lipinski definition) is 2. The molecule has 7 nitrogen and oxygen atoms in total. The summed E-state index contributed by atoms with van der Waals surface area (Å²) in [5, 5.41) is 3.94. The van der Waals surface area contributed by atoms with Crippen molar-refractivity contribution in [3.05, 3.63) is 47.3 Å². The molecule has 1 atom stereocenters. The van der Waals surface area contributed by atoms with Crippen LogP contribution in [0.2, 0.25) is 0 Å². The number of fused-ring (bicyclic) bond motifs is 1. The van der Waals surface area contributed by atoms with E-state index < -0.39 is 17.8 Å². The number of halogens is 3. The molecule has 3 aromatic rings. The van der Waals surface area contributed by atoms with Crippen LogP contribution >= 0.6 is 0 Å². The smallest absolute Gasteiger partial charge is 0.416 e. The highest BCUT2D eigenvalue weighted by Crippen LogP contribution is 2.42. The van der Waals surface area contributed by atoms with Crippen LogP contribution in [0.3, 0.4) is 0 Å². The van der Waals surface area contributed by atoms with Crippen LogP contribution in [0, 0.1) is 0 Å². The highest BCUT2D eigenvalue weighted by molar-refractivity contribution is 5.92. The van der Waals surface area contributed by atoms with Crippen LogP contribution in [-0.4, -0.2) is 37.4 Å². The minimum atomic E-state index is -4.49. The summed E-state index contributed by atoms with van der Waals surface area (Å²) in [6, 6.07) is 6.60. The van der Waals surface area contributed by atoms with Crippen molar-refractivity contribution in [2.45, 2.75) is 37.9 Å². The molecule has 0 radical (unpaired) electrons. The van der Waals surface area contributed by atoms with Gasteiger partial charge in [0.1, 0.15) is 18.2 Å². The molecule has 1 aliphatic rings. The second-order valence-corrected chi connectivity index (χ2v) is 8.32. The van der Waals surface area contributed by atoms with Crippen molar-refractivity contribution in [3.63, 3.8) is 0 Å². The third-order valence-electron chi connectivity index (χ3n) is 5.64. The van der Waals surface area contributed by atoms with Crippen molar-refractivity contribution in [3.8, 4) is 11.5 Å². The van der Waals surface area contributed by atoms with Gasteiger partial charge in [0.05, 0.1) is 30.8 Å². The summed E-state index contributed by atoms with van der Waals surface area (Å²) >= 11 is 0. The Labute approximate surface area is 195 Å². The van der Waals surface area contributed by atoms with E-state index in [-0.39, 0.29) is 11.6 Å². The van der Waals surface area contributed by atoms with Crippen LogP contribution < -0.4 is 20.5 Å². The Morgan fingerprint density at radius 1 is 1.06 bits per heavy atom. The van der Waals surface area contributed by atoms with Gasteiger partial charge in [-0.05, 0) is 49.6 Å². The van der Waals surface area contributed by atoms with Crippen LogP contribution in [0.4, 0.5) is 24.7 Å². The number of nitrogens with one attached hydrogen (secondary N) is 1. The molecule has 34 heavy (non-hydrogen) atoms. The van der Waals surface area contributed by atoms with Crippen molar-refractivity contribution in [2.24, 2.45) is 0 Å². The van der Waals surface area contributed by atoms with E-state index in [1.165, 1.54) is 6.07 Å². The standard InChI is InChI=1S/C24H27F3N4O3/c1-13(15-8-16(24(25,26)27)10-17(28)9-15)29-23-18-11-21(34-7-6-32-2)20(33-3)12-19(18)30-22(31-23)14-4-5-14/h8-14H,4-7,28H2,1-3H3,(H,29,30,31). The zero-order chi connectivity index (χ0) is 24.5. The largest absolute Gasteiger partial charge is 0.493 e. The lowest BCUT2D eigenvalue weighted by Crippen LogP contribution is -2.13. The molecule has 0 amide bonds. The van der Waals surface area contributed by atoms with E-state index in [0.717, 1.165) is 25.0 Å². The average Bonchev–Trinajstić information content (AvgIpc) is 3.63. The van der Waals surface area contributed by atoms with E-state index in [9.17, 15) is 13.2 Å². The van der Waals surface area contributed by atoms with Crippen molar-refractivity contribution in [1.82, 2.24) is 9.97 Å². The zero-order valence-corrected chi connectivity index (χ0v) is 19.2. The SMILES string of the molecule is COCCOc1cc2c(NC(C)c3cc(N)cc(C(F)(F)F)c3)nc(C3CC3)nc2cc1OC. The molecule has 1 heterocycles. The topological polar surface area (TPSA) is 91.5 Å². The fourth-order valence-corrected chi connectivity index (χ4v) is 3.67. The maximum Gasteiger partial charge on any atom is 0.416 e. The average molecular weight is 476 g/mol. The van der Waals surface area contributed by atoms with Crippen LogP contribution in [0.1, 0.15) is 48.7 Å². The second-order valence-electron chi connectivity index (χ2n) is 8.32. The van der Waals surface area contributed by atoms with Gasteiger partial charge in [-0.25, -0.2) is 9.97 Å². The first-order valence-corrected chi connectivity index (χ1v) is 10.9. The molecule has 0 bridgehead atoms. The van der Waals surface area contributed by atoms with Gasteiger partial charge in [0.25, 0.3) is 0 Å². The molecule has 4 rings (SSSR count). The number of aromatic nitrogens is 2. The molecule has 1 aromatic heterocycles. The second kappa shape index (κ2) is 9.54. The summed E-state index contributed by atoms with van der Waals surface area (Å²) in [6.07, 6.45) is -2.49. The summed E-state index contributed by atoms with van der Waals surface area (Å²) in [5.41, 5.74) is 6.08. The molecule has 182 valence electrons. The summed E-state index contributed by atoms with van der Waals surface area (Å²) in [7, 11) is 3.13. The van der Waals surface area contributed by atoms with Gasteiger partial charge in [-0.2, -0.15) is 13.2 Å². The van der Waals surface area contributed by atoms with Gasteiger partial charge in [0.15, 0.2) is 11.5 Å². The van der Waals surface area contributed by atoms with Crippen molar-refractivity contribution in [2.75, 3.05) is 38.5 Å². The van der Waals surface area contributed by atoms with Gasteiger partial charge in [0, 0.05) is 30.2 Å². The van der Waals surface area contributed by atoms with Crippen LogP contribution in [0.5, 0.6) is 11.5 Å². The minimum Gasteiger partial charge on any atom is -0.493 e. The third kappa shape index (κ3) is 5.27. The van der Waals surface area contributed by atoms with Gasteiger partial charge in [0.2, 0.25) is 0 Å². The molecular formula is C24H27F3N4O3. The lowest BCUT2D eigenvalue weighted by molar-refractivity contribution is -0.137. The van der Waals surface area contributed by atoms with E-state index in [4.69, 9.17) is 29.9 Å². The molecule has 1 aliphatic carbocycles. The zero-order valence-electron chi connectivity index (χ0n) is 19.2. The predicted molar refractivity (Wildman–Crippen MR) is 123 cm³/mol. The highest BCUT2D eigenvalue weighted by atomic mass is 19.4. The van der Waals surface area contributed by atoms with E-state index in [1.54, 1.807) is 33.3 Å². The van der Waals surface area contributed by atoms with Gasteiger partial charge in [-0.3, -0.25) is 0 Å². The number of nitrogens with two attached hydrogens (primary N) is 1. The molecular weight excluding hydrogens is 449 g/mol. The first-order chi connectivity index (χ1) is 16.2. The molecule has 0 spiro atoms. The highest BCUT2D eigenvalue weighted by Gasteiger charge is 2.32. The molecule has 10 heteroatoms. The van der Waals surface area contributed by atoms with Crippen LogP contribution in [-0.2, 0) is 10.9 Å². The predicted octanol–water partition coefficient (Wildman–Crippen LogP) is 5.32. The summed E-state index contributed by atoms with van der Waals surface area (Å²) in [6.45, 7) is 2.48. The quantitative estimate of drug-likeness (QED) is 0.319. The van der Waals surface area contributed by atoms with Gasteiger partial charge in [-0.1, -0.05) is 0 Å². The molecule has 0 saturated heterocycles. The molecule has 3 N–H and O–H groups in total. The number of methoxy groups -OCH3 is 2. The molecule has 1 saturated carbocycles. The number of nitrogen functional groups attached to an aromatic ring is 1. The number of anilines is 2. The minimum absolute atomic E-state index is 0.0447. The fourth-order valence-electron chi connectivity index (χ4n) is 3.67. The van der Waals surface area contributed by atoms with E-state index >= 15 is 0 Å². The first kappa shape index (κ1) is 23.9.